The van der Waals surface area contributed by atoms with Crippen molar-refractivity contribution in [1.29, 1.82) is 0 Å². The molecular weight excluding hydrogens is 543 g/mol. The molecule has 1 atom stereocenters. The Kier molecular flexibility index (Phi) is 7.83. The van der Waals surface area contributed by atoms with Crippen LogP contribution >= 0.6 is 23.2 Å². The highest BCUT2D eigenvalue weighted by molar-refractivity contribution is 7.92. The number of hydrogen-bond acceptors (Lipinski definition) is 5. The number of halogens is 2. The molecule has 1 aliphatic carbocycles. The van der Waals surface area contributed by atoms with Crippen molar-refractivity contribution in [3.8, 4) is 11.5 Å². The van der Waals surface area contributed by atoms with E-state index >= 15 is 0 Å². The molecule has 0 amide bonds. The van der Waals surface area contributed by atoms with Crippen molar-refractivity contribution in [1.82, 2.24) is 4.90 Å². The van der Waals surface area contributed by atoms with Gasteiger partial charge in [0.25, 0.3) is 10.0 Å². The van der Waals surface area contributed by atoms with Gasteiger partial charge in [0.1, 0.15) is 4.90 Å². The van der Waals surface area contributed by atoms with Crippen LogP contribution < -0.4 is 14.2 Å². The summed E-state index contributed by atoms with van der Waals surface area (Å²) in [6.45, 7) is 3.94. The van der Waals surface area contributed by atoms with Gasteiger partial charge in [0.15, 0.2) is 11.5 Å². The van der Waals surface area contributed by atoms with Crippen molar-refractivity contribution < 1.29 is 17.9 Å². The van der Waals surface area contributed by atoms with E-state index in [0.717, 1.165) is 67.8 Å². The second kappa shape index (κ2) is 11.0. The van der Waals surface area contributed by atoms with Gasteiger partial charge in [-0.2, -0.15) is 0 Å². The number of anilines is 1. The Morgan fingerprint density at radius 3 is 2.66 bits per heavy atom. The topological polar surface area (TPSA) is 67.9 Å². The first-order valence-corrected chi connectivity index (χ1v) is 15.0. The lowest BCUT2D eigenvalue weighted by Crippen LogP contribution is -2.35. The molecule has 1 unspecified atom stereocenters. The van der Waals surface area contributed by atoms with Crippen LogP contribution in [0.2, 0.25) is 10.0 Å². The monoisotopic (exact) mass is 574 g/mol. The minimum absolute atomic E-state index is 0.0322. The van der Waals surface area contributed by atoms with Crippen LogP contribution in [0, 0.1) is 6.92 Å². The lowest BCUT2D eigenvalue weighted by Gasteiger charge is -2.35. The number of benzene rings is 3. The van der Waals surface area contributed by atoms with Crippen LogP contribution in [0.3, 0.4) is 0 Å². The molecule has 1 N–H and O–H groups in total. The van der Waals surface area contributed by atoms with Gasteiger partial charge in [-0.3, -0.25) is 9.62 Å². The molecular formula is C29H32Cl2N2O4S. The van der Waals surface area contributed by atoms with E-state index in [-0.39, 0.29) is 9.92 Å². The molecule has 0 radical (unpaired) electrons. The summed E-state index contributed by atoms with van der Waals surface area (Å²) >= 11 is 12.2. The van der Waals surface area contributed by atoms with Gasteiger partial charge in [-0.15, -0.1) is 0 Å². The SMILES string of the molecule is COc1cc2c3c(c1OC)CCC3N(CCCc1c(C)cccc1NS(=O)(=O)c1cc(Cl)ccc1Cl)CC2. The van der Waals surface area contributed by atoms with Crippen LogP contribution in [-0.2, 0) is 29.3 Å². The molecule has 6 nitrogen and oxygen atoms in total. The summed E-state index contributed by atoms with van der Waals surface area (Å²) in [7, 11) is -0.494. The minimum Gasteiger partial charge on any atom is -0.493 e. The summed E-state index contributed by atoms with van der Waals surface area (Å²) < 4.78 is 40.4. The average Bonchev–Trinajstić information content (AvgIpc) is 3.34. The normalized spacial score (nSPS) is 16.8. The first kappa shape index (κ1) is 27.1. The summed E-state index contributed by atoms with van der Waals surface area (Å²) in [6.07, 6.45) is 4.70. The van der Waals surface area contributed by atoms with Crippen molar-refractivity contribution in [2.24, 2.45) is 0 Å². The third kappa shape index (κ3) is 5.09. The van der Waals surface area contributed by atoms with E-state index in [1.165, 1.54) is 28.8 Å². The Morgan fingerprint density at radius 1 is 1.08 bits per heavy atom. The zero-order valence-electron chi connectivity index (χ0n) is 21.8. The molecule has 1 heterocycles. The van der Waals surface area contributed by atoms with Gasteiger partial charge >= 0.3 is 0 Å². The molecule has 38 heavy (non-hydrogen) atoms. The van der Waals surface area contributed by atoms with Crippen LogP contribution in [0.15, 0.2) is 47.4 Å². The maximum absolute atomic E-state index is 13.2. The molecule has 3 aromatic rings. The van der Waals surface area contributed by atoms with E-state index < -0.39 is 10.0 Å². The molecule has 0 fully saturated rings. The number of ether oxygens (including phenoxy) is 2. The first-order chi connectivity index (χ1) is 18.2. The molecule has 9 heteroatoms. The van der Waals surface area contributed by atoms with Crippen molar-refractivity contribution in [3.63, 3.8) is 0 Å². The lowest BCUT2D eigenvalue weighted by atomic mass is 9.92. The number of nitrogens with one attached hydrogen (secondary N) is 1. The summed E-state index contributed by atoms with van der Waals surface area (Å²) in [5, 5.41) is 0.445. The number of sulfonamides is 1. The molecule has 1 aliphatic heterocycles. The van der Waals surface area contributed by atoms with Gasteiger partial charge in [-0.05, 0) is 98.2 Å². The number of nitrogens with zero attached hydrogens (tertiary/aromatic N) is 1. The Morgan fingerprint density at radius 2 is 1.89 bits per heavy atom. The Hall–Kier alpha value is -2.45. The van der Waals surface area contributed by atoms with Gasteiger partial charge in [0, 0.05) is 23.2 Å². The number of aryl methyl sites for hydroxylation is 1. The molecule has 0 saturated heterocycles. The van der Waals surface area contributed by atoms with Crippen LogP contribution in [0.25, 0.3) is 0 Å². The molecule has 0 bridgehead atoms. The van der Waals surface area contributed by atoms with E-state index in [1.54, 1.807) is 26.4 Å². The second-order valence-corrected chi connectivity index (χ2v) is 12.4. The zero-order valence-corrected chi connectivity index (χ0v) is 24.1. The minimum atomic E-state index is -3.90. The zero-order chi connectivity index (χ0) is 27.0. The Labute approximate surface area is 234 Å². The van der Waals surface area contributed by atoms with E-state index in [2.05, 4.69) is 15.7 Å². The predicted molar refractivity (Wildman–Crippen MR) is 153 cm³/mol. The van der Waals surface area contributed by atoms with E-state index in [1.807, 2.05) is 19.1 Å². The summed E-state index contributed by atoms with van der Waals surface area (Å²) in [5.41, 5.74) is 6.68. The molecule has 2 aliphatic rings. The second-order valence-electron chi connectivity index (χ2n) is 9.89. The highest BCUT2D eigenvalue weighted by Gasteiger charge is 2.36. The van der Waals surface area contributed by atoms with Gasteiger partial charge < -0.3 is 9.47 Å². The maximum atomic E-state index is 13.2. The standard InChI is InChI=1S/C29H32Cl2N2O4S/c1-18-6-4-8-24(32-38(34,35)27-17-20(30)9-11-23(27)31)21(18)7-5-14-33-15-13-19-16-26(36-2)29(37-3)22-10-12-25(33)28(19)22/h4,6,8-9,11,16-17,25,32H,5,7,10,12-15H2,1-3H3. The van der Waals surface area contributed by atoms with Crippen LogP contribution in [0.1, 0.15) is 46.7 Å². The number of rotatable bonds is 9. The first-order valence-electron chi connectivity index (χ1n) is 12.8. The summed E-state index contributed by atoms with van der Waals surface area (Å²) in [5.74, 6) is 1.69. The summed E-state index contributed by atoms with van der Waals surface area (Å²) in [6, 6.07) is 12.6. The van der Waals surface area contributed by atoms with Gasteiger partial charge in [0.2, 0.25) is 0 Å². The third-order valence-electron chi connectivity index (χ3n) is 7.72. The largest absolute Gasteiger partial charge is 0.493 e. The molecule has 202 valence electrons. The molecule has 0 saturated carbocycles. The average molecular weight is 576 g/mol. The van der Waals surface area contributed by atoms with Crippen LogP contribution in [0.5, 0.6) is 11.5 Å². The Bertz CT molecular complexity index is 1480. The van der Waals surface area contributed by atoms with Gasteiger partial charge in [-0.25, -0.2) is 8.42 Å². The van der Waals surface area contributed by atoms with E-state index in [9.17, 15) is 8.42 Å². The highest BCUT2D eigenvalue weighted by atomic mass is 35.5. The van der Waals surface area contributed by atoms with Crippen molar-refractivity contribution in [2.45, 2.75) is 50.0 Å². The van der Waals surface area contributed by atoms with Crippen molar-refractivity contribution in [3.05, 3.63) is 80.3 Å². The fourth-order valence-electron chi connectivity index (χ4n) is 5.96. The molecule has 0 spiro atoms. The van der Waals surface area contributed by atoms with Crippen molar-refractivity contribution in [2.75, 3.05) is 32.0 Å². The smallest absolute Gasteiger partial charge is 0.263 e. The number of hydrogen-bond donors (Lipinski definition) is 1. The van der Waals surface area contributed by atoms with Gasteiger partial charge in [0.05, 0.1) is 24.9 Å². The van der Waals surface area contributed by atoms with Crippen molar-refractivity contribution >= 4 is 38.9 Å². The van der Waals surface area contributed by atoms with Crippen LogP contribution in [0.4, 0.5) is 5.69 Å². The maximum Gasteiger partial charge on any atom is 0.263 e. The fourth-order valence-corrected chi connectivity index (χ4v) is 7.82. The van der Waals surface area contributed by atoms with E-state index in [4.69, 9.17) is 32.7 Å². The van der Waals surface area contributed by atoms with E-state index in [0.29, 0.717) is 16.8 Å². The van der Waals surface area contributed by atoms with Crippen LogP contribution in [-0.4, -0.2) is 40.6 Å². The lowest BCUT2D eigenvalue weighted by molar-refractivity contribution is 0.183. The molecule has 0 aromatic heterocycles. The number of methoxy groups -OCH3 is 2. The molecule has 3 aromatic carbocycles. The molecule has 5 rings (SSSR count). The quantitative estimate of drug-likeness (QED) is 0.312. The summed E-state index contributed by atoms with van der Waals surface area (Å²) in [4.78, 5) is 2.54. The third-order valence-corrected chi connectivity index (χ3v) is 9.80. The highest BCUT2D eigenvalue weighted by Crippen LogP contribution is 2.48. The predicted octanol–water partition coefficient (Wildman–Crippen LogP) is 6.60. The fraction of sp³-hybridized carbons (Fsp3) is 0.379. The Balaban J connectivity index is 1.32. The van der Waals surface area contributed by atoms with Gasteiger partial charge in [-0.1, -0.05) is 35.3 Å².